The lowest BCUT2D eigenvalue weighted by atomic mass is 9.53. The minimum absolute atomic E-state index is 0.132. The Morgan fingerprint density at radius 3 is 2.62 bits per heavy atom. The number of ketones is 1. The second-order valence-corrected chi connectivity index (χ2v) is 7.24. The number of Topliss-reactive ketones (excluding diaryl/α,β-unsaturated/α-hetero) is 1. The van der Waals surface area contributed by atoms with Gasteiger partial charge in [-0.15, -0.1) is 0 Å². The minimum Gasteiger partial charge on any atom is -0.299 e. The van der Waals surface area contributed by atoms with Gasteiger partial charge in [0.05, 0.1) is 0 Å². The average molecular weight is 218 g/mol. The highest BCUT2D eigenvalue weighted by molar-refractivity contribution is 5.89. The van der Waals surface area contributed by atoms with E-state index in [9.17, 15) is 4.79 Å². The summed E-state index contributed by atoms with van der Waals surface area (Å²) < 4.78 is 0. The summed E-state index contributed by atoms with van der Waals surface area (Å²) in [7, 11) is 0. The van der Waals surface area contributed by atoms with Gasteiger partial charge in [0.25, 0.3) is 0 Å². The fourth-order valence-electron chi connectivity index (χ4n) is 4.78. The maximum Gasteiger partial charge on any atom is 0.137 e. The van der Waals surface area contributed by atoms with E-state index in [2.05, 4.69) is 33.8 Å². The molecule has 3 aliphatic rings. The van der Waals surface area contributed by atoms with Crippen molar-refractivity contribution in [1.29, 1.82) is 0 Å². The molecular weight excluding hydrogens is 196 g/mol. The van der Waals surface area contributed by atoms with E-state index in [1.807, 2.05) is 0 Å². The normalized spacial score (nSPS) is 43.1. The second kappa shape index (κ2) is 2.63. The Morgan fingerprint density at radius 2 is 1.94 bits per heavy atom. The van der Waals surface area contributed by atoms with Gasteiger partial charge in [0.2, 0.25) is 0 Å². The molecule has 0 saturated heterocycles. The third-order valence-electron chi connectivity index (χ3n) is 5.91. The molecule has 0 aromatic heterocycles. The van der Waals surface area contributed by atoms with Gasteiger partial charge in [0.1, 0.15) is 5.78 Å². The predicted octanol–water partition coefficient (Wildman–Crippen LogP) is 3.74. The van der Waals surface area contributed by atoms with Crippen LogP contribution in [0.25, 0.3) is 0 Å². The lowest BCUT2D eigenvalue weighted by molar-refractivity contribution is -0.125. The van der Waals surface area contributed by atoms with Crippen molar-refractivity contribution in [3.63, 3.8) is 0 Å². The molecule has 0 aliphatic heterocycles. The van der Waals surface area contributed by atoms with Gasteiger partial charge in [-0.05, 0) is 30.1 Å². The van der Waals surface area contributed by atoms with Crippen LogP contribution in [-0.4, -0.2) is 5.78 Å². The molecule has 2 bridgehead atoms. The average Bonchev–Trinajstić information content (AvgIpc) is 2.59. The van der Waals surface area contributed by atoms with Gasteiger partial charge in [-0.3, -0.25) is 4.79 Å². The molecule has 16 heavy (non-hydrogen) atoms. The van der Waals surface area contributed by atoms with Crippen LogP contribution in [0.1, 0.15) is 53.4 Å². The van der Waals surface area contributed by atoms with Gasteiger partial charge in [-0.25, -0.2) is 0 Å². The topological polar surface area (TPSA) is 17.1 Å². The van der Waals surface area contributed by atoms with E-state index in [1.54, 1.807) is 5.57 Å². The molecule has 0 aromatic carbocycles. The maximum absolute atomic E-state index is 12.2. The van der Waals surface area contributed by atoms with Crippen molar-refractivity contribution < 1.29 is 4.79 Å². The van der Waals surface area contributed by atoms with Crippen molar-refractivity contribution in [3.8, 4) is 0 Å². The molecule has 3 rings (SSSR count). The number of carbonyl (C=O) groups excluding carboxylic acids is 1. The van der Waals surface area contributed by atoms with Gasteiger partial charge >= 0.3 is 0 Å². The van der Waals surface area contributed by atoms with Crippen molar-refractivity contribution in [2.45, 2.75) is 53.4 Å². The van der Waals surface area contributed by atoms with Gasteiger partial charge in [-0.2, -0.15) is 0 Å². The van der Waals surface area contributed by atoms with Gasteiger partial charge in [-0.1, -0.05) is 39.3 Å². The van der Waals surface area contributed by atoms with Crippen LogP contribution in [0.5, 0.6) is 0 Å². The number of allylic oxidation sites excluding steroid dienone is 2. The first-order valence-corrected chi connectivity index (χ1v) is 6.55. The van der Waals surface area contributed by atoms with Crippen LogP contribution < -0.4 is 0 Å². The first kappa shape index (κ1) is 10.6. The van der Waals surface area contributed by atoms with Crippen molar-refractivity contribution in [1.82, 2.24) is 0 Å². The molecule has 0 amide bonds. The summed E-state index contributed by atoms with van der Waals surface area (Å²) in [6.45, 7) is 9.31. The number of hydrogen-bond acceptors (Lipinski definition) is 1. The zero-order chi connectivity index (χ0) is 11.8. The summed E-state index contributed by atoms with van der Waals surface area (Å²) in [5, 5.41) is 0. The Morgan fingerprint density at radius 1 is 1.25 bits per heavy atom. The van der Waals surface area contributed by atoms with Gasteiger partial charge in [0.15, 0.2) is 0 Å². The number of hydrogen-bond donors (Lipinski definition) is 0. The van der Waals surface area contributed by atoms with E-state index in [0.29, 0.717) is 17.1 Å². The van der Waals surface area contributed by atoms with E-state index in [0.717, 1.165) is 12.8 Å². The van der Waals surface area contributed by atoms with Crippen LogP contribution in [0, 0.1) is 22.2 Å². The van der Waals surface area contributed by atoms with Crippen molar-refractivity contribution in [3.05, 3.63) is 11.6 Å². The highest BCUT2D eigenvalue weighted by Gasteiger charge is 2.67. The number of carbonyl (C=O) groups is 1. The van der Waals surface area contributed by atoms with Crippen molar-refractivity contribution in [2.75, 3.05) is 0 Å². The van der Waals surface area contributed by atoms with Crippen LogP contribution in [0.15, 0.2) is 11.6 Å². The van der Waals surface area contributed by atoms with E-state index < -0.39 is 0 Å². The molecule has 1 heteroatoms. The fourth-order valence-corrected chi connectivity index (χ4v) is 4.78. The summed E-state index contributed by atoms with van der Waals surface area (Å²) in [4.78, 5) is 12.2. The van der Waals surface area contributed by atoms with E-state index in [4.69, 9.17) is 0 Å². The Hall–Kier alpha value is -0.590. The third-order valence-corrected chi connectivity index (χ3v) is 5.91. The Bertz CT molecular complexity index is 400. The molecule has 0 unspecified atom stereocenters. The Kier molecular flexibility index (Phi) is 1.73. The summed E-state index contributed by atoms with van der Waals surface area (Å²) in [6.07, 6.45) is 6.84. The molecule has 2 atom stereocenters. The molecule has 0 radical (unpaired) electrons. The van der Waals surface area contributed by atoms with E-state index >= 15 is 0 Å². The molecule has 88 valence electrons. The lowest BCUT2D eigenvalue weighted by Gasteiger charge is -2.50. The zero-order valence-corrected chi connectivity index (χ0v) is 10.9. The molecule has 1 nitrogen and oxygen atoms in total. The SMILES string of the molecule is CC1(C)C2=CCCC(C)(C)[C@]23CC(=O)[C@H]1C3. The standard InChI is InChI=1S/C15H22O/c1-13(2)7-5-6-12-14(3,4)10-8-15(12,13)9-11(10)16/h6,10H,5,7-9H2,1-4H3/t10-,15-/m1/s1. The summed E-state index contributed by atoms with van der Waals surface area (Å²) in [5.74, 6) is 0.827. The van der Waals surface area contributed by atoms with E-state index in [-0.39, 0.29) is 10.8 Å². The zero-order valence-electron chi connectivity index (χ0n) is 10.9. The maximum atomic E-state index is 12.2. The Labute approximate surface area is 98.3 Å². The summed E-state index contributed by atoms with van der Waals surface area (Å²) in [6, 6.07) is 0. The van der Waals surface area contributed by atoms with E-state index in [1.165, 1.54) is 12.8 Å². The second-order valence-electron chi connectivity index (χ2n) is 7.24. The largest absolute Gasteiger partial charge is 0.299 e. The predicted molar refractivity (Wildman–Crippen MR) is 65.0 cm³/mol. The van der Waals surface area contributed by atoms with Crippen molar-refractivity contribution in [2.24, 2.45) is 22.2 Å². The quantitative estimate of drug-likeness (QED) is 0.566. The van der Waals surface area contributed by atoms with Gasteiger partial charge < -0.3 is 0 Å². The molecule has 2 saturated carbocycles. The van der Waals surface area contributed by atoms with Crippen LogP contribution >= 0.6 is 0 Å². The first-order valence-electron chi connectivity index (χ1n) is 6.55. The number of fused-ring (bicyclic) bond motifs is 1. The number of rotatable bonds is 0. The summed E-state index contributed by atoms with van der Waals surface area (Å²) >= 11 is 0. The molecule has 0 heterocycles. The highest BCUT2D eigenvalue weighted by Crippen LogP contribution is 2.72. The van der Waals surface area contributed by atoms with Crippen LogP contribution in [0.2, 0.25) is 0 Å². The molecule has 1 spiro atoms. The van der Waals surface area contributed by atoms with Gasteiger partial charge in [0, 0.05) is 17.8 Å². The van der Waals surface area contributed by atoms with Crippen LogP contribution in [-0.2, 0) is 4.79 Å². The summed E-state index contributed by atoms with van der Waals surface area (Å²) in [5.41, 5.74) is 2.28. The molecule has 0 N–H and O–H groups in total. The highest BCUT2D eigenvalue weighted by atomic mass is 16.1. The Balaban J connectivity index is 2.21. The minimum atomic E-state index is 0.132. The van der Waals surface area contributed by atoms with Crippen LogP contribution in [0.4, 0.5) is 0 Å². The fraction of sp³-hybridized carbons (Fsp3) is 0.800. The smallest absolute Gasteiger partial charge is 0.137 e. The van der Waals surface area contributed by atoms with Crippen LogP contribution in [0.3, 0.4) is 0 Å². The third kappa shape index (κ3) is 0.919. The van der Waals surface area contributed by atoms with Crippen molar-refractivity contribution >= 4 is 5.78 Å². The molecular formula is C15H22O. The lowest BCUT2D eigenvalue weighted by Crippen LogP contribution is -2.43. The first-order chi connectivity index (χ1) is 7.31. The monoisotopic (exact) mass is 218 g/mol. The molecule has 0 aromatic rings. The molecule has 3 aliphatic carbocycles. The molecule has 2 fully saturated rings.